The summed E-state index contributed by atoms with van der Waals surface area (Å²) in [5, 5.41) is 3.65. The number of carbonyl (C=O) groups is 1. The molecule has 2 unspecified atom stereocenters. The van der Waals surface area contributed by atoms with E-state index in [2.05, 4.69) is 5.32 Å². The summed E-state index contributed by atoms with van der Waals surface area (Å²) in [6.07, 6.45) is 5.88. The number of nitrogens with one attached hydrogen (secondary N) is 1. The van der Waals surface area contributed by atoms with Gasteiger partial charge in [-0.2, -0.15) is 0 Å². The molecule has 2 heterocycles. The topological polar surface area (TPSA) is 29.1 Å². The third-order valence-corrected chi connectivity index (χ3v) is 4.50. The zero-order valence-electron chi connectivity index (χ0n) is 11.0. The first-order valence-electron chi connectivity index (χ1n) is 7.10. The SMILES string of the molecule is Cc1ccccc1C(=O)C1CC2CCCC(C1)N2. The van der Waals surface area contributed by atoms with E-state index in [1.165, 1.54) is 19.3 Å². The van der Waals surface area contributed by atoms with E-state index in [-0.39, 0.29) is 5.92 Å². The Morgan fingerprint density at radius 3 is 2.50 bits per heavy atom. The Morgan fingerprint density at radius 1 is 1.17 bits per heavy atom. The van der Waals surface area contributed by atoms with Crippen molar-refractivity contribution in [3.05, 3.63) is 35.4 Å². The summed E-state index contributed by atoms with van der Waals surface area (Å²) in [5.74, 6) is 0.606. The number of fused-ring (bicyclic) bond motifs is 2. The maximum Gasteiger partial charge on any atom is 0.166 e. The van der Waals surface area contributed by atoms with Crippen LogP contribution in [0.25, 0.3) is 0 Å². The van der Waals surface area contributed by atoms with Crippen LogP contribution in [0.15, 0.2) is 24.3 Å². The molecule has 2 fully saturated rings. The summed E-state index contributed by atoms with van der Waals surface area (Å²) in [6.45, 7) is 2.04. The largest absolute Gasteiger partial charge is 0.311 e. The molecule has 3 rings (SSSR count). The lowest BCUT2D eigenvalue weighted by molar-refractivity contribution is 0.0824. The Hall–Kier alpha value is -1.15. The zero-order chi connectivity index (χ0) is 12.5. The van der Waals surface area contributed by atoms with Crippen LogP contribution in [0.1, 0.15) is 48.0 Å². The maximum atomic E-state index is 12.6. The molecular weight excluding hydrogens is 222 g/mol. The highest BCUT2D eigenvalue weighted by atomic mass is 16.1. The van der Waals surface area contributed by atoms with Gasteiger partial charge in [-0.25, -0.2) is 0 Å². The van der Waals surface area contributed by atoms with Gasteiger partial charge in [-0.1, -0.05) is 30.7 Å². The van der Waals surface area contributed by atoms with E-state index in [0.29, 0.717) is 17.9 Å². The van der Waals surface area contributed by atoms with Gasteiger partial charge >= 0.3 is 0 Å². The molecule has 1 aromatic rings. The predicted molar refractivity (Wildman–Crippen MR) is 72.8 cm³/mol. The molecule has 2 atom stereocenters. The number of rotatable bonds is 2. The van der Waals surface area contributed by atoms with Crippen molar-refractivity contribution in [2.75, 3.05) is 0 Å². The normalized spacial score (nSPS) is 31.1. The molecule has 1 aromatic carbocycles. The quantitative estimate of drug-likeness (QED) is 0.809. The van der Waals surface area contributed by atoms with Crippen LogP contribution in [-0.4, -0.2) is 17.9 Å². The summed E-state index contributed by atoms with van der Waals surface area (Å²) >= 11 is 0. The number of aryl methyl sites for hydroxylation is 1. The lowest BCUT2D eigenvalue weighted by atomic mass is 9.77. The van der Waals surface area contributed by atoms with Crippen LogP contribution in [-0.2, 0) is 0 Å². The highest BCUT2D eigenvalue weighted by Gasteiger charge is 2.35. The first-order chi connectivity index (χ1) is 8.74. The van der Waals surface area contributed by atoms with E-state index in [1.807, 2.05) is 31.2 Å². The second kappa shape index (κ2) is 4.85. The second-order valence-electron chi connectivity index (χ2n) is 5.84. The molecular formula is C16H21NO. The number of hydrogen-bond donors (Lipinski definition) is 1. The van der Waals surface area contributed by atoms with Crippen LogP contribution in [0.4, 0.5) is 0 Å². The van der Waals surface area contributed by atoms with Gasteiger partial charge < -0.3 is 5.32 Å². The second-order valence-corrected chi connectivity index (χ2v) is 5.84. The monoisotopic (exact) mass is 243 g/mol. The minimum Gasteiger partial charge on any atom is -0.311 e. The molecule has 2 saturated heterocycles. The number of hydrogen-bond acceptors (Lipinski definition) is 2. The summed E-state index contributed by atoms with van der Waals surface area (Å²) in [7, 11) is 0. The number of Topliss-reactive ketones (excluding diaryl/α,β-unsaturated/α-hetero) is 1. The van der Waals surface area contributed by atoms with Gasteiger partial charge in [0.05, 0.1) is 0 Å². The Labute approximate surface area is 109 Å². The van der Waals surface area contributed by atoms with E-state index in [9.17, 15) is 4.79 Å². The highest BCUT2D eigenvalue weighted by Crippen LogP contribution is 2.32. The van der Waals surface area contributed by atoms with Crippen LogP contribution in [0, 0.1) is 12.8 Å². The molecule has 1 N–H and O–H groups in total. The smallest absolute Gasteiger partial charge is 0.166 e. The Balaban J connectivity index is 1.79. The van der Waals surface area contributed by atoms with E-state index in [0.717, 1.165) is 24.0 Å². The van der Waals surface area contributed by atoms with Crippen LogP contribution >= 0.6 is 0 Å². The van der Waals surface area contributed by atoms with Crippen LogP contribution < -0.4 is 5.32 Å². The molecule has 0 spiro atoms. The molecule has 96 valence electrons. The fraction of sp³-hybridized carbons (Fsp3) is 0.562. The molecule has 0 saturated carbocycles. The fourth-order valence-corrected chi connectivity index (χ4v) is 3.55. The Bertz CT molecular complexity index is 442. The van der Waals surface area contributed by atoms with Crippen molar-refractivity contribution in [1.82, 2.24) is 5.32 Å². The van der Waals surface area contributed by atoms with Gasteiger partial charge in [-0.3, -0.25) is 4.79 Å². The van der Waals surface area contributed by atoms with Gasteiger partial charge in [-0.05, 0) is 38.2 Å². The minimum atomic E-state index is 0.239. The average molecular weight is 243 g/mol. The van der Waals surface area contributed by atoms with E-state index >= 15 is 0 Å². The molecule has 0 amide bonds. The van der Waals surface area contributed by atoms with E-state index in [1.54, 1.807) is 0 Å². The summed E-state index contributed by atoms with van der Waals surface area (Å²) in [5.41, 5.74) is 2.05. The molecule has 2 aliphatic heterocycles. The Kier molecular flexibility index (Phi) is 3.21. The molecule has 18 heavy (non-hydrogen) atoms. The van der Waals surface area contributed by atoms with Crippen molar-refractivity contribution in [2.45, 2.75) is 51.1 Å². The number of ketones is 1. The first-order valence-corrected chi connectivity index (χ1v) is 7.10. The third-order valence-electron chi connectivity index (χ3n) is 4.50. The third kappa shape index (κ3) is 2.22. The van der Waals surface area contributed by atoms with Gasteiger partial charge in [0.15, 0.2) is 5.78 Å². The van der Waals surface area contributed by atoms with Gasteiger partial charge in [0.1, 0.15) is 0 Å². The molecule has 2 nitrogen and oxygen atoms in total. The van der Waals surface area contributed by atoms with E-state index in [4.69, 9.17) is 0 Å². The average Bonchev–Trinajstić information content (AvgIpc) is 2.38. The lowest BCUT2D eigenvalue weighted by Crippen LogP contribution is -2.50. The number of piperidine rings is 2. The molecule has 2 aliphatic rings. The van der Waals surface area contributed by atoms with Crippen LogP contribution in [0.3, 0.4) is 0 Å². The van der Waals surface area contributed by atoms with Gasteiger partial charge in [0.2, 0.25) is 0 Å². The van der Waals surface area contributed by atoms with E-state index < -0.39 is 0 Å². The van der Waals surface area contributed by atoms with Crippen LogP contribution in [0.5, 0.6) is 0 Å². The summed E-state index contributed by atoms with van der Waals surface area (Å²) < 4.78 is 0. The predicted octanol–water partition coefficient (Wildman–Crippen LogP) is 3.10. The Morgan fingerprint density at radius 2 is 1.83 bits per heavy atom. The molecule has 0 radical (unpaired) electrons. The maximum absolute atomic E-state index is 12.6. The summed E-state index contributed by atoms with van der Waals surface area (Å²) in [6, 6.07) is 9.15. The number of benzene rings is 1. The highest BCUT2D eigenvalue weighted by molar-refractivity contribution is 5.99. The molecule has 0 aromatic heterocycles. The van der Waals surface area contributed by atoms with Gasteiger partial charge in [0.25, 0.3) is 0 Å². The van der Waals surface area contributed by atoms with Crippen LogP contribution in [0.2, 0.25) is 0 Å². The molecule has 2 heteroatoms. The standard InChI is InChI=1S/C16H21NO/c1-11-5-2-3-8-15(11)16(18)12-9-13-6-4-7-14(10-12)17-13/h2-3,5,8,12-14,17H,4,6-7,9-10H2,1H3. The molecule has 2 bridgehead atoms. The van der Waals surface area contributed by atoms with Crippen molar-refractivity contribution in [3.63, 3.8) is 0 Å². The van der Waals surface area contributed by atoms with Crippen molar-refractivity contribution in [2.24, 2.45) is 5.92 Å². The number of carbonyl (C=O) groups excluding carboxylic acids is 1. The van der Waals surface area contributed by atoms with Crippen molar-refractivity contribution in [3.8, 4) is 0 Å². The zero-order valence-corrected chi connectivity index (χ0v) is 11.0. The fourth-order valence-electron chi connectivity index (χ4n) is 3.55. The van der Waals surface area contributed by atoms with Crippen molar-refractivity contribution in [1.29, 1.82) is 0 Å². The molecule has 0 aliphatic carbocycles. The lowest BCUT2D eigenvalue weighted by Gasteiger charge is -2.39. The minimum absolute atomic E-state index is 0.239. The first kappa shape index (κ1) is 11.9. The summed E-state index contributed by atoms with van der Waals surface area (Å²) in [4.78, 5) is 12.6. The van der Waals surface area contributed by atoms with Crippen molar-refractivity contribution < 1.29 is 4.79 Å². The van der Waals surface area contributed by atoms with Gasteiger partial charge in [-0.15, -0.1) is 0 Å². The van der Waals surface area contributed by atoms with Gasteiger partial charge in [0, 0.05) is 23.6 Å². The van der Waals surface area contributed by atoms with Crippen molar-refractivity contribution >= 4 is 5.78 Å².